The first-order valence-electron chi connectivity index (χ1n) is 11.7. The molecule has 37 heavy (non-hydrogen) atoms. The molecule has 8 nitrogen and oxygen atoms in total. The van der Waals surface area contributed by atoms with Crippen molar-refractivity contribution in [3.8, 4) is 16.9 Å². The number of benzene rings is 2. The highest BCUT2D eigenvalue weighted by atomic mass is 35.5. The van der Waals surface area contributed by atoms with E-state index in [0.717, 1.165) is 27.8 Å². The van der Waals surface area contributed by atoms with E-state index in [9.17, 15) is 9.90 Å². The van der Waals surface area contributed by atoms with Crippen molar-refractivity contribution >= 4 is 28.3 Å². The minimum absolute atomic E-state index is 0.113. The number of methoxy groups -OCH3 is 1. The van der Waals surface area contributed by atoms with Crippen molar-refractivity contribution in [3.63, 3.8) is 0 Å². The Hall–Kier alpha value is -4.14. The number of rotatable bonds is 8. The van der Waals surface area contributed by atoms with Gasteiger partial charge in [-0.15, -0.1) is 0 Å². The van der Waals surface area contributed by atoms with Gasteiger partial charge in [0.15, 0.2) is 0 Å². The molecule has 0 aliphatic rings. The minimum atomic E-state index is -0.163. The van der Waals surface area contributed by atoms with Crippen molar-refractivity contribution in [3.05, 3.63) is 106 Å². The molecule has 0 saturated carbocycles. The van der Waals surface area contributed by atoms with Gasteiger partial charge in [0, 0.05) is 42.8 Å². The van der Waals surface area contributed by atoms with Crippen molar-refractivity contribution in [1.29, 1.82) is 0 Å². The van der Waals surface area contributed by atoms with Crippen molar-refractivity contribution in [2.24, 2.45) is 0 Å². The molecule has 3 heterocycles. The summed E-state index contributed by atoms with van der Waals surface area (Å²) < 4.78 is 8.90. The second-order valence-electron chi connectivity index (χ2n) is 8.67. The number of anilines is 1. The fraction of sp³-hybridized carbons (Fsp3) is 0.179. The van der Waals surface area contributed by atoms with Crippen LogP contribution in [0.25, 0.3) is 21.9 Å². The van der Waals surface area contributed by atoms with Gasteiger partial charge in [0.1, 0.15) is 10.9 Å². The van der Waals surface area contributed by atoms with E-state index >= 15 is 0 Å². The van der Waals surface area contributed by atoms with Crippen molar-refractivity contribution < 1.29 is 9.84 Å². The standard InChI is InChI=1S/C28H26ClN5O3/c1-30-28-31-8-10-34(28)16-19-11-23(24-13-20(17-35)14-32-26(24)29)22-7-9-33(27(36)25(22)12-19)15-18-3-5-21(37-2)6-4-18/h3-14,35H,15-17H2,1-2H3,(H,30,31). The van der Waals surface area contributed by atoms with E-state index in [2.05, 4.69) is 15.3 Å². The highest BCUT2D eigenvalue weighted by molar-refractivity contribution is 6.32. The van der Waals surface area contributed by atoms with Gasteiger partial charge >= 0.3 is 0 Å². The second kappa shape index (κ2) is 10.5. The van der Waals surface area contributed by atoms with E-state index in [1.807, 2.05) is 66.3 Å². The fourth-order valence-corrected chi connectivity index (χ4v) is 4.66. The van der Waals surface area contributed by atoms with Crippen LogP contribution in [0.2, 0.25) is 5.15 Å². The summed E-state index contributed by atoms with van der Waals surface area (Å²) in [5.41, 5.74) is 3.85. The Bertz CT molecular complexity index is 1630. The predicted molar refractivity (Wildman–Crippen MR) is 145 cm³/mol. The van der Waals surface area contributed by atoms with Gasteiger partial charge in [-0.3, -0.25) is 4.79 Å². The molecule has 9 heteroatoms. The van der Waals surface area contributed by atoms with E-state index < -0.39 is 0 Å². The van der Waals surface area contributed by atoms with E-state index in [4.69, 9.17) is 16.3 Å². The number of hydrogen-bond donors (Lipinski definition) is 2. The maximum atomic E-state index is 13.7. The van der Waals surface area contributed by atoms with Gasteiger partial charge in [0.25, 0.3) is 5.56 Å². The van der Waals surface area contributed by atoms with E-state index in [-0.39, 0.29) is 12.2 Å². The number of ether oxygens (including phenoxy) is 1. The zero-order chi connectivity index (χ0) is 25.9. The van der Waals surface area contributed by atoms with Gasteiger partial charge in [-0.1, -0.05) is 23.7 Å². The maximum absolute atomic E-state index is 13.7. The van der Waals surface area contributed by atoms with Gasteiger partial charge in [0.2, 0.25) is 5.95 Å². The van der Waals surface area contributed by atoms with Crippen LogP contribution in [0.3, 0.4) is 0 Å². The number of aliphatic hydroxyl groups is 1. The van der Waals surface area contributed by atoms with Crippen LogP contribution in [0.1, 0.15) is 16.7 Å². The summed E-state index contributed by atoms with van der Waals surface area (Å²) in [4.78, 5) is 22.3. The zero-order valence-corrected chi connectivity index (χ0v) is 21.2. The average Bonchev–Trinajstić information content (AvgIpc) is 3.38. The molecule has 5 aromatic rings. The summed E-state index contributed by atoms with van der Waals surface area (Å²) in [6.45, 7) is 0.757. The van der Waals surface area contributed by atoms with Crippen LogP contribution in [0.4, 0.5) is 5.95 Å². The lowest BCUT2D eigenvalue weighted by atomic mass is 9.96. The lowest BCUT2D eigenvalue weighted by Gasteiger charge is -2.15. The summed E-state index contributed by atoms with van der Waals surface area (Å²) in [7, 11) is 3.44. The summed E-state index contributed by atoms with van der Waals surface area (Å²) in [6.07, 6.45) is 6.94. The molecule has 0 radical (unpaired) electrons. The third kappa shape index (κ3) is 4.94. The Morgan fingerprint density at radius 3 is 2.41 bits per heavy atom. The Kier molecular flexibility index (Phi) is 6.94. The summed E-state index contributed by atoms with van der Waals surface area (Å²) in [6, 6.07) is 15.3. The molecule has 2 aromatic carbocycles. The SMILES string of the molecule is CNc1nccn1Cc1cc(-c2cc(CO)cnc2Cl)c2ccn(Cc3ccc(OC)cc3)c(=O)c2c1. The molecule has 0 aliphatic carbocycles. The number of pyridine rings is 2. The number of aromatic nitrogens is 4. The molecule has 0 amide bonds. The molecule has 0 aliphatic heterocycles. The number of fused-ring (bicyclic) bond motifs is 1. The van der Waals surface area contributed by atoms with Crippen LogP contribution >= 0.6 is 11.6 Å². The van der Waals surface area contributed by atoms with Crippen LogP contribution < -0.4 is 15.6 Å². The van der Waals surface area contributed by atoms with Crippen LogP contribution in [0.15, 0.2) is 78.1 Å². The molecule has 3 aromatic heterocycles. The third-order valence-electron chi connectivity index (χ3n) is 6.32. The van der Waals surface area contributed by atoms with E-state index in [1.54, 1.807) is 30.3 Å². The summed E-state index contributed by atoms with van der Waals surface area (Å²) >= 11 is 6.52. The number of imidazole rings is 1. The van der Waals surface area contributed by atoms with Crippen LogP contribution in [0.5, 0.6) is 5.75 Å². The first-order chi connectivity index (χ1) is 18.0. The highest BCUT2D eigenvalue weighted by Crippen LogP contribution is 2.34. The van der Waals surface area contributed by atoms with E-state index in [1.165, 1.54) is 0 Å². The van der Waals surface area contributed by atoms with Crippen LogP contribution in [0, 0.1) is 0 Å². The van der Waals surface area contributed by atoms with Gasteiger partial charge in [-0.05, 0) is 64.0 Å². The smallest absolute Gasteiger partial charge is 0.258 e. The first kappa shape index (κ1) is 24.5. The highest BCUT2D eigenvalue weighted by Gasteiger charge is 2.16. The van der Waals surface area contributed by atoms with Crippen molar-refractivity contribution in [2.75, 3.05) is 19.5 Å². The fourth-order valence-electron chi connectivity index (χ4n) is 4.45. The molecule has 5 rings (SSSR count). The predicted octanol–water partition coefficient (Wildman–Crippen LogP) is 4.55. The van der Waals surface area contributed by atoms with Crippen molar-refractivity contribution in [1.82, 2.24) is 19.1 Å². The lowest BCUT2D eigenvalue weighted by Crippen LogP contribution is -2.20. The van der Waals surface area contributed by atoms with Crippen LogP contribution in [-0.2, 0) is 19.7 Å². The lowest BCUT2D eigenvalue weighted by molar-refractivity contribution is 0.281. The maximum Gasteiger partial charge on any atom is 0.258 e. The summed E-state index contributed by atoms with van der Waals surface area (Å²) in [5, 5.41) is 14.4. The molecule has 0 unspecified atom stereocenters. The number of hydrogen-bond acceptors (Lipinski definition) is 6. The monoisotopic (exact) mass is 515 g/mol. The average molecular weight is 516 g/mol. The van der Waals surface area contributed by atoms with E-state index in [0.29, 0.717) is 40.7 Å². The minimum Gasteiger partial charge on any atom is -0.497 e. The normalized spacial score (nSPS) is 11.1. The largest absolute Gasteiger partial charge is 0.497 e. The first-order valence-corrected chi connectivity index (χ1v) is 12.1. The number of aliphatic hydroxyl groups excluding tert-OH is 1. The molecule has 0 fully saturated rings. The Morgan fingerprint density at radius 1 is 0.919 bits per heavy atom. The van der Waals surface area contributed by atoms with Gasteiger partial charge < -0.3 is 24.3 Å². The molecule has 0 saturated heterocycles. The Labute approximate surface area is 218 Å². The van der Waals surface area contributed by atoms with Gasteiger partial charge in [-0.2, -0.15) is 0 Å². The molecule has 0 atom stereocenters. The quantitative estimate of drug-likeness (QED) is 0.294. The second-order valence-corrected chi connectivity index (χ2v) is 9.03. The Balaban J connectivity index is 1.67. The topological polar surface area (TPSA) is 94.2 Å². The molecule has 0 spiro atoms. The third-order valence-corrected chi connectivity index (χ3v) is 6.63. The van der Waals surface area contributed by atoms with Crippen LogP contribution in [-0.4, -0.2) is 38.4 Å². The molecular formula is C28H26ClN5O3. The van der Waals surface area contributed by atoms with Crippen molar-refractivity contribution in [2.45, 2.75) is 19.7 Å². The molecule has 188 valence electrons. The number of halogens is 1. The molecule has 0 bridgehead atoms. The number of nitrogens with zero attached hydrogens (tertiary/aromatic N) is 4. The number of nitrogens with one attached hydrogen (secondary N) is 1. The van der Waals surface area contributed by atoms with Gasteiger partial charge in [-0.25, -0.2) is 9.97 Å². The van der Waals surface area contributed by atoms with Gasteiger partial charge in [0.05, 0.1) is 26.8 Å². The zero-order valence-electron chi connectivity index (χ0n) is 20.5. The summed E-state index contributed by atoms with van der Waals surface area (Å²) in [5.74, 6) is 1.48. The molecular weight excluding hydrogens is 490 g/mol. The molecule has 2 N–H and O–H groups in total. The Morgan fingerprint density at radius 2 is 1.68 bits per heavy atom.